The van der Waals surface area contributed by atoms with Crippen LogP contribution in [0.1, 0.15) is 22.3 Å². The molecule has 1 saturated heterocycles. The Morgan fingerprint density at radius 3 is 2.33 bits per heavy atom. The third-order valence-corrected chi connectivity index (χ3v) is 8.17. The van der Waals surface area contributed by atoms with E-state index in [4.69, 9.17) is 0 Å². The number of sulfonamides is 1. The molecule has 7 heteroatoms. The zero-order valence-electron chi connectivity index (χ0n) is 17.7. The van der Waals surface area contributed by atoms with Crippen molar-refractivity contribution >= 4 is 15.9 Å². The number of nitrogens with zero attached hydrogens (tertiary/aromatic N) is 3. The van der Waals surface area contributed by atoms with E-state index in [0.29, 0.717) is 37.6 Å². The van der Waals surface area contributed by atoms with Crippen LogP contribution in [-0.2, 0) is 27.8 Å². The summed E-state index contributed by atoms with van der Waals surface area (Å²) in [5.41, 5.74) is 4.47. The first kappa shape index (κ1) is 21.0. The number of aryl methyl sites for hydroxylation is 2. The second-order valence-electron chi connectivity index (χ2n) is 8.28. The number of amides is 1. The zero-order valence-corrected chi connectivity index (χ0v) is 18.5. The number of rotatable bonds is 4. The standard InChI is InChI=1S/C23H29N3O3S/c1-18-7-8-22(19(2)15-18)30(28,29)26-13-11-25(12-14-26)23(27)17-24-10-9-20-5-3-4-6-21(20)16-24/h3-8,15H,9-14,16-17H2,1-2H3. The van der Waals surface area contributed by atoms with E-state index in [0.717, 1.165) is 30.6 Å². The van der Waals surface area contributed by atoms with Gasteiger partial charge in [-0.3, -0.25) is 9.69 Å². The van der Waals surface area contributed by atoms with Gasteiger partial charge in [-0.25, -0.2) is 8.42 Å². The van der Waals surface area contributed by atoms with E-state index in [9.17, 15) is 13.2 Å². The van der Waals surface area contributed by atoms with Crippen molar-refractivity contribution in [1.82, 2.24) is 14.1 Å². The third kappa shape index (κ3) is 4.29. The largest absolute Gasteiger partial charge is 0.339 e. The van der Waals surface area contributed by atoms with E-state index in [2.05, 4.69) is 23.1 Å². The van der Waals surface area contributed by atoms with Gasteiger partial charge in [-0.2, -0.15) is 4.31 Å². The number of hydrogen-bond acceptors (Lipinski definition) is 4. The van der Waals surface area contributed by atoms with Crippen LogP contribution in [0.3, 0.4) is 0 Å². The molecule has 6 nitrogen and oxygen atoms in total. The first-order valence-corrected chi connectivity index (χ1v) is 11.9. The Labute approximate surface area is 179 Å². The Balaban J connectivity index is 1.35. The summed E-state index contributed by atoms with van der Waals surface area (Å²) in [5, 5.41) is 0. The monoisotopic (exact) mass is 427 g/mol. The van der Waals surface area contributed by atoms with Crippen LogP contribution in [0.25, 0.3) is 0 Å². The average molecular weight is 428 g/mol. The summed E-state index contributed by atoms with van der Waals surface area (Å²) in [6.07, 6.45) is 0.964. The lowest BCUT2D eigenvalue weighted by Gasteiger charge is -2.36. The van der Waals surface area contributed by atoms with E-state index in [1.54, 1.807) is 11.0 Å². The van der Waals surface area contributed by atoms with Crippen LogP contribution in [-0.4, -0.2) is 67.7 Å². The van der Waals surface area contributed by atoms with Crippen LogP contribution in [0.4, 0.5) is 0 Å². The summed E-state index contributed by atoms with van der Waals surface area (Å²) in [6, 6.07) is 13.8. The number of fused-ring (bicyclic) bond motifs is 1. The fraction of sp³-hybridized carbons (Fsp3) is 0.435. The highest BCUT2D eigenvalue weighted by Gasteiger charge is 2.31. The highest BCUT2D eigenvalue weighted by atomic mass is 32.2. The van der Waals surface area contributed by atoms with Gasteiger partial charge in [0, 0.05) is 39.3 Å². The van der Waals surface area contributed by atoms with Gasteiger partial charge in [-0.05, 0) is 43.0 Å². The van der Waals surface area contributed by atoms with E-state index in [-0.39, 0.29) is 5.91 Å². The van der Waals surface area contributed by atoms with Crippen molar-refractivity contribution in [1.29, 1.82) is 0 Å². The van der Waals surface area contributed by atoms with Gasteiger partial charge in [0.15, 0.2) is 0 Å². The molecule has 0 N–H and O–H groups in total. The van der Waals surface area contributed by atoms with E-state index in [1.165, 1.54) is 15.4 Å². The second kappa shape index (κ2) is 8.49. The van der Waals surface area contributed by atoms with Crippen molar-refractivity contribution < 1.29 is 13.2 Å². The maximum Gasteiger partial charge on any atom is 0.243 e. The van der Waals surface area contributed by atoms with Crippen LogP contribution in [0.5, 0.6) is 0 Å². The molecular weight excluding hydrogens is 398 g/mol. The van der Waals surface area contributed by atoms with Crippen molar-refractivity contribution in [3.05, 3.63) is 64.7 Å². The molecule has 2 aliphatic rings. The van der Waals surface area contributed by atoms with Gasteiger partial charge >= 0.3 is 0 Å². The highest BCUT2D eigenvalue weighted by Crippen LogP contribution is 2.23. The molecule has 0 spiro atoms. The molecule has 0 unspecified atom stereocenters. The molecule has 1 amide bonds. The lowest BCUT2D eigenvalue weighted by Crippen LogP contribution is -2.52. The first-order valence-electron chi connectivity index (χ1n) is 10.5. The van der Waals surface area contributed by atoms with Crippen LogP contribution in [0, 0.1) is 13.8 Å². The van der Waals surface area contributed by atoms with Crippen LogP contribution < -0.4 is 0 Å². The molecule has 160 valence electrons. The summed E-state index contributed by atoms with van der Waals surface area (Å²) in [6.45, 7) is 7.39. The summed E-state index contributed by atoms with van der Waals surface area (Å²) in [4.78, 5) is 17.2. The molecule has 0 radical (unpaired) electrons. The van der Waals surface area contributed by atoms with Crippen molar-refractivity contribution in [2.45, 2.75) is 31.7 Å². The summed E-state index contributed by atoms with van der Waals surface area (Å²) < 4.78 is 27.6. The number of piperazine rings is 1. The maximum atomic E-state index is 13.0. The van der Waals surface area contributed by atoms with Crippen LogP contribution in [0.2, 0.25) is 0 Å². The molecule has 0 atom stereocenters. The third-order valence-electron chi connectivity index (χ3n) is 6.11. The van der Waals surface area contributed by atoms with Crippen LogP contribution in [0.15, 0.2) is 47.4 Å². The van der Waals surface area contributed by atoms with Gasteiger partial charge in [0.2, 0.25) is 15.9 Å². The van der Waals surface area contributed by atoms with Crippen LogP contribution >= 0.6 is 0 Å². The van der Waals surface area contributed by atoms with Crippen molar-refractivity contribution in [3.8, 4) is 0 Å². The quantitative estimate of drug-likeness (QED) is 0.751. The summed E-state index contributed by atoms with van der Waals surface area (Å²) in [5.74, 6) is 0.0814. The number of carbonyl (C=O) groups excluding carboxylic acids is 1. The Morgan fingerprint density at radius 2 is 1.63 bits per heavy atom. The molecule has 2 aromatic carbocycles. The Bertz CT molecular complexity index is 1040. The maximum absolute atomic E-state index is 13.0. The van der Waals surface area contributed by atoms with Gasteiger partial charge < -0.3 is 4.90 Å². The fourth-order valence-electron chi connectivity index (χ4n) is 4.39. The van der Waals surface area contributed by atoms with E-state index >= 15 is 0 Å². The van der Waals surface area contributed by atoms with Crippen molar-refractivity contribution in [2.75, 3.05) is 39.3 Å². The lowest BCUT2D eigenvalue weighted by molar-refractivity contribution is -0.133. The van der Waals surface area contributed by atoms with Gasteiger partial charge in [0.1, 0.15) is 0 Å². The highest BCUT2D eigenvalue weighted by molar-refractivity contribution is 7.89. The average Bonchev–Trinajstić information content (AvgIpc) is 2.73. The van der Waals surface area contributed by atoms with Crippen molar-refractivity contribution in [3.63, 3.8) is 0 Å². The molecule has 2 aliphatic heterocycles. The van der Waals surface area contributed by atoms with Gasteiger partial charge in [0.25, 0.3) is 0 Å². The SMILES string of the molecule is Cc1ccc(S(=O)(=O)N2CCN(C(=O)CN3CCc4ccccc4C3)CC2)c(C)c1. The molecule has 0 bridgehead atoms. The first-order chi connectivity index (χ1) is 14.3. The normalized spacial score (nSPS) is 18.3. The van der Waals surface area contributed by atoms with E-state index < -0.39 is 10.0 Å². The van der Waals surface area contributed by atoms with Gasteiger partial charge in [0.05, 0.1) is 11.4 Å². The fourth-order valence-corrected chi connectivity index (χ4v) is 6.01. The van der Waals surface area contributed by atoms with Gasteiger partial charge in [-0.1, -0.05) is 42.0 Å². The smallest absolute Gasteiger partial charge is 0.243 e. The predicted molar refractivity (Wildman–Crippen MR) is 117 cm³/mol. The lowest BCUT2D eigenvalue weighted by atomic mass is 10.00. The topological polar surface area (TPSA) is 60.9 Å². The molecule has 2 aromatic rings. The number of benzene rings is 2. The molecule has 0 saturated carbocycles. The minimum Gasteiger partial charge on any atom is -0.339 e. The van der Waals surface area contributed by atoms with Crippen molar-refractivity contribution in [2.24, 2.45) is 0 Å². The summed E-state index contributed by atoms with van der Waals surface area (Å²) >= 11 is 0. The minimum absolute atomic E-state index is 0.0814. The molecular formula is C23H29N3O3S. The zero-order chi connectivity index (χ0) is 21.3. The molecule has 2 heterocycles. The molecule has 1 fully saturated rings. The Kier molecular flexibility index (Phi) is 5.95. The molecule has 0 aliphatic carbocycles. The Hall–Kier alpha value is -2.22. The minimum atomic E-state index is -3.53. The second-order valence-corrected chi connectivity index (χ2v) is 10.2. The predicted octanol–water partition coefficient (Wildman–Crippen LogP) is 2.19. The number of hydrogen-bond donors (Lipinski definition) is 0. The molecule has 4 rings (SSSR count). The number of carbonyl (C=O) groups is 1. The summed E-state index contributed by atoms with van der Waals surface area (Å²) in [7, 11) is -3.53. The molecule has 0 aromatic heterocycles. The Morgan fingerprint density at radius 1 is 0.933 bits per heavy atom. The van der Waals surface area contributed by atoms with E-state index in [1.807, 2.05) is 32.0 Å². The molecule has 30 heavy (non-hydrogen) atoms. The van der Waals surface area contributed by atoms with Gasteiger partial charge in [-0.15, -0.1) is 0 Å².